The average Bonchev–Trinajstić information content (AvgIpc) is 3.12. The minimum atomic E-state index is -0.638. The van der Waals surface area contributed by atoms with E-state index in [1.54, 1.807) is 45.2 Å². The lowest BCUT2D eigenvalue weighted by molar-refractivity contribution is -0.123. The number of nitrogen functional groups attached to an aromatic ring is 1. The molecule has 1 aromatic carbocycles. The molecule has 0 aliphatic heterocycles. The van der Waals surface area contributed by atoms with Gasteiger partial charge < -0.3 is 20.2 Å². The van der Waals surface area contributed by atoms with Crippen molar-refractivity contribution in [2.24, 2.45) is 5.41 Å². The monoisotopic (exact) mass is 449 g/mol. The molecule has 8 heteroatoms. The van der Waals surface area contributed by atoms with Crippen molar-refractivity contribution < 1.29 is 22.9 Å². The smallest absolute Gasteiger partial charge is 0.342 e. The molecule has 0 saturated carbocycles. The summed E-state index contributed by atoms with van der Waals surface area (Å²) >= 11 is -0.287. The summed E-state index contributed by atoms with van der Waals surface area (Å²) in [4.78, 5) is 25.0. The van der Waals surface area contributed by atoms with Gasteiger partial charge in [-0.1, -0.05) is 26.8 Å². The predicted octanol–water partition coefficient (Wildman–Crippen LogP) is 4.78. The summed E-state index contributed by atoms with van der Waals surface area (Å²) < 4.78 is 16.6. The normalized spacial score (nSPS) is 13.0. The van der Waals surface area contributed by atoms with Gasteiger partial charge >= 0.3 is 5.97 Å². The van der Waals surface area contributed by atoms with Gasteiger partial charge in [-0.15, -0.1) is 0 Å². The summed E-state index contributed by atoms with van der Waals surface area (Å²) in [6, 6.07) is 5.19. The number of carbonyl (C=O) groups excluding carboxylic acids is 2. The zero-order chi connectivity index (χ0) is 23.6. The molecule has 1 atom stereocenters. The van der Waals surface area contributed by atoms with Crippen molar-refractivity contribution in [1.82, 2.24) is 0 Å². The third-order valence-electron chi connectivity index (χ3n) is 4.83. The number of nitrogens with two attached hydrogens (primary N) is 1. The van der Waals surface area contributed by atoms with Crippen LogP contribution in [0.25, 0.3) is 11.1 Å². The lowest BCUT2D eigenvalue weighted by Gasteiger charge is -2.20. The van der Waals surface area contributed by atoms with E-state index in [9.17, 15) is 9.59 Å². The average molecular weight is 450 g/mol. The Balaban J connectivity index is 2.45. The zero-order valence-electron chi connectivity index (χ0n) is 19.5. The number of furan rings is 1. The molecular weight excluding hydrogens is 416 g/mol. The maximum atomic E-state index is 12.5. The van der Waals surface area contributed by atoms with Gasteiger partial charge in [-0.05, 0) is 32.9 Å². The summed E-state index contributed by atoms with van der Waals surface area (Å²) in [6.07, 6.45) is 3.60. The molecular formula is C23H33N2O5S+. The van der Waals surface area contributed by atoms with Gasteiger partial charge in [0.25, 0.3) is 0 Å². The molecule has 1 unspecified atom stereocenters. The molecule has 0 fully saturated rings. The summed E-state index contributed by atoms with van der Waals surface area (Å²) in [7, 11) is 1.27. The van der Waals surface area contributed by atoms with Crippen molar-refractivity contribution in [2.45, 2.75) is 52.9 Å². The fourth-order valence-electron chi connectivity index (χ4n) is 2.60. The van der Waals surface area contributed by atoms with Gasteiger partial charge in [0.15, 0.2) is 11.4 Å². The number of benzene rings is 1. The second-order valence-electron chi connectivity index (χ2n) is 9.23. The molecule has 0 aliphatic rings. The van der Waals surface area contributed by atoms with E-state index in [1.807, 2.05) is 6.26 Å². The Kier molecular flexibility index (Phi) is 7.49. The number of hydrogen-bond donors (Lipinski definition) is 2. The predicted molar refractivity (Wildman–Crippen MR) is 126 cm³/mol. The first-order chi connectivity index (χ1) is 14.3. The van der Waals surface area contributed by atoms with Gasteiger partial charge in [-0.3, -0.25) is 4.79 Å². The van der Waals surface area contributed by atoms with E-state index in [0.717, 1.165) is 5.56 Å². The van der Waals surface area contributed by atoms with Crippen LogP contribution in [0.4, 0.5) is 11.4 Å². The molecule has 0 bridgehead atoms. The van der Waals surface area contributed by atoms with Gasteiger partial charge in [0, 0.05) is 16.5 Å². The number of hydrogen-bond acceptors (Lipinski definition) is 6. The summed E-state index contributed by atoms with van der Waals surface area (Å²) in [5.74, 6) is -0.260. The van der Waals surface area contributed by atoms with E-state index in [4.69, 9.17) is 19.1 Å². The Morgan fingerprint density at radius 1 is 1.10 bits per heavy atom. The number of rotatable bonds is 6. The number of ether oxygens (including phenoxy) is 1. The Morgan fingerprint density at radius 2 is 1.74 bits per heavy atom. The van der Waals surface area contributed by atoms with Crippen LogP contribution < -0.4 is 11.1 Å². The second-order valence-corrected chi connectivity index (χ2v) is 11.6. The fourth-order valence-corrected chi connectivity index (χ4v) is 3.24. The molecule has 0 saturated heterocycles. The van der Waals surface area contributed by atoms with Crippen LogP contribution in [0, 0.1) is 5.41 Å². The van der Waals surface area contributed by atoms with Crippen LogP contribution >= 0.6 is 0 Å². The number of esters is 1. The Labute approximate surface area is 187 Å². The zero-order valence-corrected chi connectivity index (χ0v) is 20.4. The standard InChI is InChI=1S/C23H32N2O5S/c1-22(2,3)21(27)25-16-10-9-15(19(24)18(16)20(26)28-7)14-11-12-29-17(14)13-30-31(8)23(4,5)6/h9-12H,13H2,1-8H3,(H2-,24,25,26,27)/p+1. The quantitative estimate of drug-likeness (QED) is 0.374. The van der Waals surface area contributed by atoms with E-state index in [2.05, 4.69) is 26.1 Å². The minimum Gasteiger partial charge on any atom is -0.466 e. The lowest BCUT2D eigenvalue weighted by Crippen LogP contribution is -2.29. The highest BCUT2D eigenvalue weighted by molar-refractivity contribution is 7.92. The molecule has 1 aromatic heterocycles. The molecule has 0 spiro atoms. The Bertz CT molecular complexity index is 954. The van der Waals surface area contributed by atoms with Crippen LogP contribution in [0.1, 0.15) is 57.7 Å². The number of anilines is 2. The molecule has 1 amide bonds. The molecule has 3 N–H and O–H groups in total. The van der Waals surface area contributed by atoms with Crippen molar-refractivity contribution >= 4 is 34.4 Å². The Morgan fingerprint density at radius 3 is 2.29 bits per heavy atom. The highest BCUT2D eigenvalue weighted by Crippen LogP contribution is 2.37. The van der Waals surface area contributed by atoms with Gasteiger partial charge in [0.2, 0.25) is 5.91 Å². The van der Waals surface area contributed by atoms with Crippen LogP contribution in [0.2, 0.25) is 0 Å². The second kappa shape index (κ2) is 9.36. The van der Waals surface area contributed by atoms with Crippen molar-refractivity contribution in [3.05, 3.63) is 35.8 Å². The molecule has 2 rings (SSSR count). The van der Waals surface area contributed by atoms with Crippen molar-refractivity contribution in [3.63, 3.8) is 0 Å². The first kappa shape index (κ1) is 24.8. The molecule has 0 aliphatic carbocycles. The fraction of sp³-hybridized carbons (Fsp3) is 0.478. The van der Waals surface area contributed by atoms with Crippen LogP contribution in [0.5, 0.6) is 0 Å². The maximum absolute atomic E-state index is 12.5. The first-order valence-corrected chi connectivity index (χ1v) is 11.5. The highest BCUT2D eigenvalue weighted by Gasteiger charge is 2.33. The SMILES string of the molecule is COC(=O)c1c(NC(=O)C(C)(C)C)ccc(-c2ccoc2CO[S+](C)C(C)(C)C)c1N. The third kappa shape index (κ3) is 5.83. The van der Waals surface area contributed by atoms with E-state index in [-0.39, 0.29) is 39.7 Å². The van der Waals surface area contributed by atoms with Crippen molar-refractivity contribution in [1.29, 1.82) is 0 Å². The van der Waals surface area contributed by atoms with E-state index in [0.29, 0.717) is 17.0 Å². The Hall–Kier alpha value is -2.45. The number of carbonyl (C=O) groups is 2. The largest absolute Gasteiger partial charge is 0.466 e. The van der Waals surface area contributed by atoms with Crippen molar-refractivity contribution in [3.8, 4) is 11.1 Å². The minimum absolute atomic E-state index is 0.0107. The number of nitrogens with one attached hydrogen (secondary N) is 1. The first-order valence-electron chi connectivity index (χ1n) is 9.95. The van der Waals surface area contributed by atoms with Gasteiger partial charge in [0.05, 0.1) is 24.7 Å². The lowest BCUT2D eigenvalue weighted by atomic mass is 9.94. The van der Waals surface area contributed by atoms with Crippen LogP contribution in [0.3, 0.4) is 0 Å². The summed E-state index contributed by atoms with van der Waals surface area (Å²) in [5, 5.41) is 2.78. The van der Waals surface area contributed by atoms with Crippen LogP contribution in [-0.4, -0.2) is 30.0 Å². The highest BCUT2D eigenvalue weighted by atomic mass is 32.2. The maximum Gasteiger partial charge on any atom is 0.342 e. The van der Waals surface area contributed by atoms with Gasteiger partial charge in [-0.25, -0.2) is 4.79 Å². The van der Waals surface area contributed by atoms with E-state index in [1.165, 1.54) is 7.11 Å². The van der Waals surface area contributed by atoms with E-state index >= 15 is 0 Å². The summed E-state index contributed by atoms with van der Waals surface area (Å²) in [5.41, 5.74) is 7.70. The number of methoxy groups -OCH3 is 1. The molecule has 31 heavy (non-hydrogen) atoms. The molecule has 7 nitrogen and oxygen atoms in total. The molecule has 0 radical (unpaired) electrons. The molecule has 2 aromatic rings. The summed E-state index contributed by atoms with van der Waals surface area (Å²) in [6.45, 7) is 12.0. The van der Waals surface area contributed by atoms with Crippen LogP contribution in [-0.2, 0) is 31.5 Å². The van der Waals surface area contributed by atoms with Crippen molar-refractivity contribution in [2.75, 3.05) is 24.4 Å². The van der Waals surface area contributed by atoms with Gasteiger partial charge in [-0.2, -0.15) is 4.18 Å². The number of amides is 1. The third-order valence-corrected chi connectivity index (χ3v) is 7.03. The van der Waals surface area contributed by atoms with E-state index < -0.39 is 11.4 Å². The van der Waals surface area contributed by atoms with Gasteiger partial charge in [0.1, 0.15) is 28.8 Å². The van der Waals surface area contributed by atoms with Crippen LogP contribution in [0.15, 0.2) is 28.9 Å². The molecule has 1 heterocycles. The molecule has 170 valence electrons. The topological polar surface area (TPSA) is 104 Å².